The lowest BCUT2D eigenvalue weighted by molar-refractivity contribution is 0.0921. The Kier molecular flexibility index (Phi) is 6.49. The number of nitrogens with one attached hydrogen (secondary N) is 1. The van der Waals surface area contributed by atoms with Gasteiger partial charge in [0.1, 0.15) is 18.1 Å². The first kappa shape index (κ1) is 19.7. The molecule has 0 spiro atoms. The fraction of sp³-hybridized carbons (Fsp3) is 0.143. The predicted octanol–water partition coefficient (Wildman–Crippen LogP) is 3.69. The molecule has 0 bridgehead atoms. The molecule has 0 atom stereocenters. The smallest absolute Gasteiger partial charge is 0.287 e. The van der Waals surface area contributed by atoms with E-state index in [1.165, 1.54) is 0 Å². The van der Waals surface area contributed by atoms with E-state index in [-0.39, 0.29) is 18.3 Å². The molecule has 1 heterocycles. The fourth-order valence-corrected chi connectivity index (χ4v) is 2.95. The molecule has 0 radical (unpaired) electrons. The molecule has 0 saturated carbocycles. The summed E-state index contributed by atoms with van der Waals surface area (Å²) in [4.78, 5) is 23.4. The van der Waals surface area contributed by atoms with Crippen molar-refractivity contribution in [2.24, 2.45) is 5.73 Å². The lowest BCUT2D eigenvalue weighted by Gasteiger charge is -2.05. The molecule has 7 heteroatoms. The molecule has 0 aliphatic rings. The summed E-state index contributed by atoms with van der Waals surface area (Å²) in [5.41, 5.74) is 6.64. The summed E-state index contributed by atoms with van der Waals surface area (Å²) in [5.74, 6) is 0.701. The van der Waals surface area contributed by atoms with Crippen LogP contribution in [0, 0.1) is 0 Å². The van der Waals surface area contributed by atoms with Gasteiger partial charge in [-0.1, -0.05) is 34.1 Å². The summed E-state index contributed by atoms with van der Waals surface area (Å²) in [6.45, 7) is 0.634. The Balaban J connectivity index is 1.48. The van der Waals surface area contributed by atoms with Gasteiger partial charge in [-0.25, -0.2) is 0 Å². The molecule has 0 saturated heterocycles. The molecule has 1 aromatic heterocycles. The van der Waals surface area contributed by atoms with E-state index in [2.05, 4.69) is 21.2 Å². The van der Waals surface area contributed by atoms with E-state index in [9.17, 15) is 9.59 Å². The third-order valence-electron chi connectivity index (χ3n) is 3.97. The molecule has 0 fully saturated rings. The maximum Gasteiger partial charge on any atom is 0.287 e. The Morgan fingerprint density at radius 3 is 2.68 bits per heavy atom. The molecule has 0 aliphatic carbocycles. The Labute approximate surface area is 170 Å². The summed E-state index contributed by atoms with van der Waals surface area (Å²) in [7, 11) is 0. The number of carbonyl (C=O) groups is 2. The minimum atomic E-state index is -0.473. The van der Waals surface area contributed by atoms with E-state index in [4.69, 9.17) is 14.9 Å². The lowest BCUT2D eigenvalue weighted by atomic mass is 10.1. The van der Waals surface area contributed by atoms with Crippen LogP contribution in [0.2, 0.25) is 0 Å². The quantitative estimate of drug-likeness (QED) is 0.555. The van der Waals surface area contributed by atoms with Crippen LogP contribution in [0.15, 0.2) is 69.6 Å². The second-order valence-electron chi connectivity index (χ2n) is 6.08. The Bertz CT molecular complexity index is 984. The third-order valence-corrected chi connectivity index (χ3v) is 4.47. The van der Waals surface area contributed by atoms with Gasteiger partial charge in [-0.3, -0.25) is 9.59 Å². The Morgan fingerprint density at radius 2 is 1.89 bits per heavy atom. The fourth-order valence-electron chi connectivity index (χ4n) is 2.58. The van der Waals surface area contributed by atoms with Crippen LogP contribution in [-0.4, -0.2) is 18.4 Å². The largest absolute Gasteiger partial charge is 0.486 e. The van der Waals surface area contributed by atoms with Gasteiger partial charge in [0, 0.05) is 16.6 Å². The topological polar surface area (TPSA) is 94.6 Å². The highest BCUT2D eigenvalue weighted by Crippen LogP contribution is 2.19. The zero-order chi connectivity index (χ0) is 19.9. The maximum absolute atomic E-state index is 12.2. The minimum absolute atomic E-state index is 0.221. The van der Waals surface area contributed by atoms with Crippen molar-refractivity contribution in [3.8, 4) is 5.75 Å². The summed E-state index contributed by atoms with van der Waals surface area (Å²) in [5, 5.41) is 2.79. The van der Waals surface area contributed by atoms with Crippen molar-refractivity contribution < 1.29 is 18.7 Å². The minimum Gasteiger partial charge on any atom is -0.486 e. The van der Waals surface area contributed by atoms with Gasteiger partial charge in [0.15, 0.2) is 5.76 Å². The van der Waals surface area contributed by atoms with E-state index < -0.39 is 5.91 Å². The number of hydrogen-bond donors (Lipinski definition) is 2. The van der Waals surface area contributed by atoms with Crippen LogP contribution >= 0.6 is 15.9 Å². The van der Waals surface area contributed by atoms with E-state index in [0.717, 1.165) is 10.0 Å². The number of halogens is 1. The monoisotopic (exact) mass is 442 g/mol. The molecule has 144 valence electrons. The molecular weight excluding hydrogens is 424 g/mol. The second kappa shape index (κ2) is 9.23. The summed E-state index contributed by atoms with van der Waals surface area (Å²) >= 11 is 3.38. The van der Waals surface area contributed by atoms with Gasteiger partial charge < -0.3 is 20.2 Å². The average molecular weight is 443 g/mol. The highest BCUT2D eigenvalue weighted by molar-refractivity contribution is 9.10. The van der Waals surface area contributed by atoms with Crippen molar-refractivity contribution in [1.29, 1.82) is 0 Å². The van der Waals surface area contributed by atoms with Crippen molar-refractivity contribution in [3.05, 3.63) is 87.8 Å². The van der Waals surface area contributed by atoms with Crippen LogP contribution in [-0.2, 0) is 13.0 Å². The zero-order valence-electron chi connectivity index (χ0n) is 15.0. The van der Waals surface area contributed by atoms with E-state index >= 15 is 0 Å². The normalized spacial score (nSPS) is 10.5. The van der Waals surface area contributed by atoms with Crippen molar-refractivity contribution in [2.75, 3.05) is 6.54 Å². The van der Waals surface area contributed by atoms with E-state index in [0.29, 0.717) is 30.0 Å². The number of hydrogen-bond acceptors (Lipinski definition) is 4. The lowest BCUT2D eigenvalue weighted by Crippen LogP contribution is -2.25. The van der Waals surface area contributed by atoms with Crippen LogP contribution in [0.25, 0.3) is 0 Å². The molecule has 3 rings (SSSR count). The van der Waals surface area contributed by atoms with E-state index in [1.807, 2.05) is 30.3 Å². The number of benzene rings is 2. The summed E-state index contributed by atoms with van der Waals surface area (Å²) < 4.78 is 12.1. The number of nitrogens with two attached hydrogens (primary N) is 1. The van der Waals surface area contributed by atoms with Gasteiger partial charge in [0.2, 0.25) is 5.91 Å². The van der Waals surface area contributed by atoms with Gasteiger partial charge in [-0.2, -0.15) is 0 Å². The number of primary amides is 1. The van der Waals surface area contributed by atoms with Gasteiger partial charge >= 0.3 is 0 Å². The summed E-state index contributed by atoms with van der Waals surface area (Å²) in [6, 6.07) is 17.8. The van der Waals surface area contributed by atoms with Crippen molar-refractivity contribution >= 4 is 27.7 Å². The molecular formula is C21H19BrN2O4. The van der Waals surface area contributed by atoms with Gasteiger partial charge in [-0.05, 0) is 54.4 Å². The van der Waals surface area contributed by atoms with Crippen LogP contribution in [0.1, 0.15) is 32.2 Å². The molecule has 0 unspecified atom stereocenters. The van der Waals surface area contributed by atoms with Crippen LogP contribution in [0.3, 0.4) is 0 Å². The third kappa shape index (κ3) is 5.47. The van der Waals surface area contributed by atoms with Crippen LogP contribution in [0.5, 0.6) is 5.75 Å². The number of ether oxygens (including phenoxy) is 1. The van der Waals surface area contributed by atoms with Crippen LogP contribution < -0.4 is 15.8 Å². The van der Waals surface area contributed by atoms with Crippen LogP contribution in [0.4, 0.5) is 0 Å². The standard InChI is InChI=1S/C21H19BrN2O4/c22-16-5-2-6-17(12-16)27-13-18-7-8-19(28-18)21(26)24-10-9-14-3-1-4-15(11-14)20(23)25/h1-8,11-12H,9-10,13H2,(H2,23,25)(H,24,26). The van der Waals surface area contributed by atoms with E-state index in [1.54, 1.807) is 30.3 Å². The molecule has 6 nitrogen and oxygen atoms in total. The average Bonchev–Trinajstić information content (AvgIpc) is 3.16. The predicted molar refractivity (Wildman–Crippen MR) is 108 cm³/mol. The molecule has 2 amide bonds. The first-order chi connectivity index (χ1) is 13.5. The van der Waals surface area contributed by atoms with Crippen molar-refractivity contribution in [2.45, 2.75) is 13.0 Å². The van der Waals surface area contributed by atoms with Gasteiger partial charge in [-0.15, -0.1) is 0 Å². The molecule has 2 aromatic carbocycles. The number of carbonyl (C=O) groups excluding carboxylic acids is 2. The first-order valence-corrected chi connectivity index (χ1v) is 9.44. The molecule has 0 aliphatic heterocycles. The Hall–Kier alpha value is -3.06. The highest BCUT2D eigenvalue weighted by atomic mass is 79.9. The number of rotatable bonds is 8. The molecule has 3 N–H and O–H groups in total. The number of furan rings is 1. The van der Waals surface area contributed by atoms with Crippen molar-refractivity contribution in [3.63, 3.8) is 0 Å². The van der Waals surface area contributed by atoms with Gasteiger partial charge in [0.05, 0.1) is 0 Å². The SMILES string of the molecule is NC(=O)c1cccc(CCNC(=O)c2ccc(COc3cccc(Br)c3)o2)c1. The molecule has 28 heavy (non-hydrogen) atoms. The highest BCUT2D eigenvalue weighted by Gasteiger charge is 2.11. The maximum atomic E-state index is 12.2. The second-order valence-corrected chi connectivity index (χ2v) is 7.00. The first-order valence-electron chi connectivity index (χ1n) is 8.65. The number of amides is 2. The Morgan fingerprint density at radius 1 is 1.07 bits per heavy atom. The zero-order valence-corrected chi connectivity index (χ0v) is 16.6. The molecule has 3 aromatic rings. The van der Waals surface area contributed by atoms with Crippen molar-refractivity contribution in [1.82, 2.24) is 5.32 Å². The summed E-state index contributed by atoms with van der Waals surface area (Å²) in [6.07, 6.45) is 0.576. The van der Waals surface area contributed by atoms with Gasteiger partial charge in [0.25, 0.3) is 5.91 Å².